The summed E-state index contributed by atoms with van der Waals surface area (Å²) in [6, 6.07) is 15.9. The number of alkyl halides is 3. The highest BCUT2D eigenvalue weighted by Crippen LogP contribution is 2.23. The first-order valence-electron chi connectivity index (χ1n) is 10.5. The van der Waals surface area contributed by atoms with Crippen molar-refractivity contribution in [3.63, 3.8) is 0 Å². The predicted molar refractivity (Wildman–Crippen MR) is 121 cm³/mol. The van der Waals surface area contributed by atoms with E-state index in [1.54, 1.807) is 18.5 Å². The molecule has 34 heavy (non-hydrogen) atoms. The highest BCUT2D eigenvalue weighted by molar-refractivity contribution is 6.07. The van der Waals surface area contributed by atoms with Crippen LogP contribution in [0, 0.1) is 6.92 Å². The molecule has 10 heteroatoms. The zero-order valence-corrected chi connectivity index (χ0v) is 18.6. The maximum absolute atomic E-state index is 13.0. The van der Waals surface area contributed by atoms with Crippen molar-refractivity contribution in [2.45, 2.75) is 25.6 Å². The number of aromatic nitrogens is 1. The van der Waals surface area contributed by atoms with Crippen molar-refractivity contribution in [1.29, 1.82) is 0 Å². The molecule has 1 atom stereocenters. The van der Waals surface area contributed by atoms with Crippen LogP contribution >= 0.6 is 0 Å². The van der Waals surface area contributed by atoms with Gasteiger partial charge in [-0.3, -0.25) is 9.59 Å². The summed E-state index contributed by atoms with van der Waals surface area (Å²) in [6.45, 7) is 3.10. The van der Waals surface area contributed by atoms with E-state index >= 15 is 0 Å². The van der Waals surface area contributed by atoms with Crippen molar-refractivity contribution < 1.29 is 27.9 Å². The van der Waals surface area contributed by atoms with Crippen molar-refractivity contribution in [2.24, 2.45) is 7.05 Å². The normalized spacial score (nSPS) is 15.1. The zero-order chi connectivity index (χ0) is 25.0. The van der Waals surface area contributed by atoms with Crippen molar-refractivity contribution in [3.05, 3.63) is 81.1 Å². The maximum atomic E-state index is 13.0. The van der Waals surface area contributed by atoms with Gasteiger partial charge in [0.1, 0.15) is 0 Å². The first-order chi connectivity index (χ1) is 16.0. The minimum Gasteiger partial charge on any atom is -0.475 e. The molecule has 7 nitrogen and oxygen atoms in total. The number of carbonyl (C=O) groups excluding carboxylic acids is 1. The van der Waals surface area contributed by atoms with E-state index in [2.05, 4.69) is 28.8 Å². The van der Waals surface area contributed by atoms with Crippen LogP contribution in [0.5, 0.6) is 0 Å². The number of rotatable bonds is 3. The molecule has 3 N–H and O–H groups in total. The van der Waals surface area contributed by atoms with Gasteiger partial charge in [0.25, 0.3) is 11.5 Å². The lowest BCUT2D eigenvalue weighted by atomic mass is 9.94. The fourth-order valence-electron chi connectivity index (χ4n) is 4.00. The third-order valence-electron chi connectivity index (χ3n) is 5.69. The largest absolute Gasteiger partial charge is 0.490 e. The van der Waals surface area contributed by atoms with Crippen molar-refractivity contribution in [3.8, 4) is 0 Å². The van der Waals surface area contributed by atoms with E-state index in [4.69, 9.17) is 9.90 Å². The lowest BCUT2D eigenvalue weighted by molar-refractivity contribution is -0.192. The number of carboxylic acids is 1. The molecule has 2 heterocycles. The number of aryl methyl sites for hydroxylation is 1. The molecule has 0 bridgehead atoms. The van der Waals surface area contributed by atoms with Gasteiger partial charge in [0, 0.05) is 30.6 Å². The van der Waals surface area contributed by atoms with E-state index in [9.17, 15) is 22.8 Å². The van der Waals surface area contributed by atoms with Gasteiger partial charge in [0.2, 0.25) is 0 Å². The van der Waals surface area contributed by atoms with Crippen LogP contribution < -0.4 is 16.2 Å². The minimum absolute atomic E-state index is 0.0806. The van der Waals surface area contributed by atoms with Gasteiger partial charge in [-0.1, -0.05) is 42.5 Å². The average molecular weight is 475 g/mol. The molecule has 1 aliphatic heterocycles. The van der Waals surface area contributed by atoms with Gasteiger partial charge in [0.15, 0.2) is 0 Å². The monoisotopic (exact) mass is 475 g/mol. The van der Waals surface area contributed by atoms with Gasteiger partial charge >= 0.3 is 12.1 Å². The molecule has 0 radical (unpaired) electrons. The Kier molecular flexibility index (Phi) is 7.41. The molecular weight excluding hydrogens is 451 g/mol. The van der Waals surface area contributed by atoms with E-state index in [1.807, 2.05) is 30.3 Å². The standard InChI is InChI=1S/C22H23N3O2.C2HF3O2/c1-14-20(17-9-5-6-10-19(17)25(2)22(14)27)21(26)24-13-18-16-8-4-3-7-15(16)11-12-23-18;3-2(4,5)1(6)7/h3-10,18,23H,11-13H2,1-2H3,(H,24,26);(H,6,7). The molecule has 0 spiro atoms. The van der Waals surface area contributed by atoms with Gasteiger partial charge in [-0.25, -0.2) is 4.79 Å². The van der Waals surface area contributed by atoms with E-state index < -0.39 is 12.1 Å². The number of aliphatic carboxylic acids is 1. The topological polar surface area (TPSA) is 100 Å². The third kappa shape index (κ3) is 5.28. The Hall–Kier alpha value is -3.66. The molecule has 0 saturated heterocycles. The number of carboxylic acid groups (broad SMARTS) is 1. The average Bonchev–Trinajstić information content (AvgIpc) is 2.81. The van der Waals surface area contributed by atoms with Gasteiger partial charge in [-0.05, 0) is 37.1 Å². The molecule has 2 aromatic carbocycles. The molecule has 1 unspecified atom stereocenters. The lowest BCUT2D eigenvalue weighted by Crippen LogP contribution is -2.39. The molecule has 0 saturated carbocycles. The summed E-state index contributed by atoms with van der Waals surface area (Å²) in [5.74, 6) is -2.96. The number of fused-ring (bicyclic) bond motifs is 2. The number of nitrogens with zero attached hydrogens (tertiary/aromatic N) is 1. The van der Waals surface area contributed by atoms with Crippen LogP contribution in [-0.4, -0.2) is 40.8 Å². The number of carbonyl (C=O) groups is 2. The Morgan fingerprint density at radius 1 is 1.15 bits per heavy atom. The smallest absolute Gasteiger partial charge is 0.475 e. The molecule has 180 valence electrons. The molecule has 3 aromatic rings. The molecule has 4 rings (SSSR count). The highest BCUT2D eigenvalue weighted by atomic mass is 19.4. The summed E-state index contributed by atoms with van der Waals surface area (Å²) in [6.07, 6.45) is -4.08. The first kappa shape index (κ1) is 25.0. The summed E-state index contributed by atoms with van der Waals surface area (Å²) in [5, 5.41) is 14.4. The molecule has 0 aliphatic carbocycles. The van der Waals surface area contributed by atoms with Gasteiger partial charge in [0.05, 0.1) is 11.1 Å². The fourth-order valence-corrected chi connectivity index (χ4v) is 4.00. The molecule has 1 aromatic heterocycles. The highest BCUT2D eigenvalue weighted by Gasteiger charge is 2.38. The van der Waals surface area contributed by atoms with E-state index in [0.717, 1.165) is 23.9 Å². The van der Waals surface area contributed by atoms with Crippen LogP contribution in [0.2, 0.25) is 0 Å². The second kappa shape index (κ2) is 10.1. The fraction of sp³-hybridized carbons (Fsp3) is 0.292. The predicted octanol–water partition coefficient (Wildman–Crippen LogP) is 3.10. The summed E-state index contributed by atoms with van der Waals surface area (Å²) >= 11 is 0. The van der Waals surface area contributed by atoms with Crippen molar-refractivity contribution in [1.82, 2.24) is 15.2 Å². The van der Waals surface area contributed by atoms with Crippen LogP contribution in [0.4, 0.5) is 13.2 Å². The van der Waals surface area contributed by atoms with Crippen LogP contribution in [0.15, 0.2) is 53.3 Å². The van der Waals surface area contributed by atoms with Crippen molar-refractivity contribution >= 4 is 22.8 Å². The molecule has 1 amide bonds. The minimum atomic E-state index is -5.08. The molecule has 1 aliphatic rings. The van der Waals surface area contributed by atoms with Crippen LogP contribution in [0.1, 0.15) is 33.1 Å². The summed E-state index contributed by atoms with van der Waals surface area (Å²) in [5.41, 5.74) is 4.13. The molecular formula is C24H24F3N3O4. The Bertz CT molecular complexity index is 1280. The lowest BCUT2D eigenvalue weighted by Gasteiger charge is -2.27. The number of halogens is 3. The van der Waals surface area contributed by atoms with Gasteiger partial charge in [-0.2, -0.15) is 13.2 Å². The SMILES string of the molecule is Cc1c(C(=O)NCC2NCCc3ccccc32)c2ccccc2n(C)c1=O.O=C(O)C(F)(F)F. The van der Waals surface area contributed by atoms with Gasteiger partial charge in [-0.15, -0.1) is 0 Å². The Labute approximate surface area is 193 Å². The second-order valence-electron chi connectivity index (χ2n) is 7.85. The summed E-state index contributed by atoms with van der Waals surface area (Å²) in [4.78, 5) is 34.5. The first-order valence-corrected chi connectivity index (χ1v) is 10.5. The summed E-state index contributed by atoms with van der Waals surface area (Å²) < 4.78 is 33.3. The third-order valence-corrected chi connectivity index (χ3v) is 5.69. The maximum Gasteiger partial charge on any atom is 0.490 e. The van der Waals surface area contributed by atoms with E-state index in [1.165, 1.54) is 11.1 Å². The Morgan fingerprint density at radius 2 is 1.76 bits per heavy atom. The van der Waals surface area contributed by atoms with Crippen LogP contribution in [0.25, 0.3) is 10.9 Å². The van der Waals surface area contributed by atoms with Crippen molar-refractivity contribution in [2.75, 3.05) is 13.1 Å². The summed E-state index contributed by atoms with van der Waals surface area (Å²) in [7, 11) is 1.74. The number of pyridine rings is 1. The second-order valence-corrected chi connectivity index (χ2v) is 7.85. The Morgan fingerprint density at radius 3 is 2.44 bits per heavy atom. The van der Waals surface area contributed by atoms with E-state index in [-0.39, 0.29) is 17.5 Å². The number of benzene rings is 2. The quantitative estimate of drug-likeness (QED) is 0.541. The van der Waals surface area contributed by atoms with Gasteiger partial charge < -0.3 is 20.3 Å². The number of nitrogens with one attached hydrogen (secondary N) is 2. The Balaban J connectivity index is 0.000000406. The zero-order valence-electron chi connectivity index (χ0n) is 18.6. The number of para-hydroxylation sites is 1. The number of amides is 1. The van der Waals surface area contributed by atoms with Crippen LogP contribution in [0.3, 0.4) is 0 Å². The molecule has 0 fully saturated rings. The number of hydrogen-bond donors (Lipinski definition) is 3. The van der Waals surface area contributed by atoms with Crippen LogP contribution in [-0.2, 0) is 18.3 Å². The van der Waals surface area contributed by atoms with E-state index in [0.29, 0.717) is 17.7 Å². The number of hydrogen-bond acceptors (Lipinski definition) is 4.